The Kier molecular flexibility index (Phi) is 6.56. The summed E-state index contributed by atoms with van der Waals surface area (Å²) in [5.41, 5.74) is 7.67. The highest BCUT2D eigenvalue weighted by Crippen LogP contribution is 2.38. The van der Waals surface area contributed by atoms with E-state index >= 15 is 0 Å². The lowest BCUT2D eigenvalue weighted by Gasteiger charge is -2.40. The Hall–Kier alpha value is -1.53. The van der Waals surface area contributed by atoms with Gasteiger partial charge in [-0.2, -0.15) is 0 Å². The van der Waals surface area contributed by atoms with E-state index in [0.29, 0.717) is 6.42 Å². The summed E-state index contributed by atoms with van der Waals surface area (Å²) in [6.45, 7) is 16.8. The van der Waals surface area contributed by atoms with Crippen molar-refractivity contribution in [3.05, 3.63) is 28.8 Å². The molecule has 0 bridgehead atoms. The van der Waals surface area contributed by atoms with Crippen molar-refractivity contribution in [2.45, 2.75) is 97.0 Å². The molecule has 0 aliphatic carbocycles. The van der Waals surface area contributed by atoms with Crippen molar-refractivity contribution in [2.75, 3.05) is 0 Å². The summed E-state index contributed by atoms with van der Waals surface area (Å²) < 4.78 is 18.1. The second kappa shape index (κ2) is 8.07. The van der Waals surface area contributed by atoms with Gasteiger partial charge in [0.15, 0.2) is 9.76 Å². The Labute approximate surface area is 172 Å². The first kappa shape index (κ1) is 22.8. The summed E-state index contributed by atoms with van der Waals surface area (Å²) in [5.74, 6) is 0.956. The molecule has 0 spiro atoms. The van der Waals surface area contributed by atoms with Crippen LogP contribution in [0.3, 0.4) is 0 Å². The maximum Gasteiger partial charge on any atom is 0.405 e. The van der Waals surface area contributed by atoms with Gasteiger partial charge in [-0.25, -0.2) is 4.79 Å². The molecule has 1 aliphatic rings. The Balaban J connectivity index is 2.20. The number of hydrogen-bond acceptors (Lipinski definition) is 4. The molecule has 5 nitrogen and oxygen atoms in total. The van der Waals surface area contributed by atoms with E-state index in [4.69, 9.17) is 19.6 Å². The van der Waals surface area contributed by atoms with Crippen molar-refractivity contribution in [1.82, 2.24) is 0 Å². The van der Waals surface area contributed by atoms with Gasteiger partial charge in [0.25, 0.3) is 0 Å². The van der Waals surface area contributed by atoms with E-state index in [1.807, 2.05) is 13.8 Å². The molecule has 0 saturated carbocycles. The van der Waals surface area contributed by atoms with E-state index in [0.717, 1.165) is 29.7 Å². The Morgan fingerprint density at radius 3 is 2.43 bits per heavy atom. The number of ether oxygens (including phenoxy) is 2. The van der Waals surface area contributed by atoms with Gasteiger partial charge in [-0.05, 0) is 69.2 Å². The van der Waals surface area contributed by atoms with Crippen LogP contribution in [-0.4, -0.2) is 33.2 Å². The van der Waals surface area contributed by atoms with Crippen LogP contribution < -0.4 is 10.5 Å². The Bertz CT molecular complexity index is 722. The van der Waals surface area contributed by atoms with E-state index in [2.05, 4.69) is 53.7 Å². The number of hydrogen-bond donors (Lipinski definition) is 1. The number of amides is 1. The van der Waals surface area contributed by atoms with E-state index in [-0.39, 0.29) is 16.7 Å². The molecule has 1 aromatic rings. The standard InChI is InChI=1S/C22H37NO4Si/c1-14-16(13-21(5,6)26-19(23)24)10-9-15-11-12-17(25-18(14)15)22(7,8)27-28-20(2,3)4/h9-10,17H,11-13,28H2,1-8H3,(H2,23,24). The van der Waals surface area contributed by atoms with E-state index < -0.39 is 21.5 Å². The topological polar surface area (TPSA) is 70.8 Å². The maximum atomic E-state index is 11.2. The van der Waals surface area contributed by atoms with Gasteiger partial charge in [0.1, 0.15) is 17.5 Å². The molecule has 1 atom stereocenters. The first-order valence-corrected chi connectivity index (χ1v) is 11.4. The van der Waals surface area contributed by atoms with Gasteiger partial charge >= 0.3 is 6.09 Å². The van der Waals surface area contributed by atoms with Crippen molar-refractivity contribution in [1.29, 1.82) is 0 Å². The lowest BCUT2D eigenvalue weighted by Crippen LogP contribution is -2.46. The first-order chi connectivity index (χ1) is 12.7. The van der Waals surface area contributed by atoms with E-state index in [1.54, 1.807) is 0 Å². The van der Waals surface area contributed by atoms with Gasteiger partial charge in [-0.15, -0.1) is 0 Å². The van der Waals surface area contributed by atoms with Gasteiger partial charge in [-0.1, -0.05) is 32.9 Å². The molecule has 1 aliphatic heterocycles. The third-order valence-electron chi connectivity index (χ3n) is 5.18. The Morgan fingerprint density at radius 2 is 1.86 bits per heavy atom. The van der Waals surface area contributed by atoms with Crippen molar-refractivity contribution in [3.8, 4) is 5.75 Å². The normalized spacial score (nSPS) is 18.1. The second-order valence-corrected chi connectivity index (χ2v) is 13.0. The molecule has 28 heavy (non-hydrogen) atoms. The van der Waals surface area contributed by atoms with Gasteiger partial charge in [0.2, 0.25) is 0 Å². The lowest BCUT2D eigenvalue weighted by atomic mass is 9.88. The zero-order valence-electron chi connectivity index (χ0n) is 18.8. The highest BCUT2D eigenvalue weighted by atomic mass is 28.2. The quantitative estimate of drug-likeness (QED) is 0.717. The first-order valence-electron chi connectivity index (χ1n) is 10.1. The molecule has 1 aromatic carbocycles. The molecule has 2 rings (SSSR count). The van der Waals surface area contributed by atoms with Crippen LogP contribution in [0.25, 0.3) is 0 Å². The summed E-state index contributed by atoms with van der Waals surface area (Å²) in [5, 5.41) is 0.249. The fraction of sp³-hybridized carbons (Fsp3) is 0.682. The zero-order chi connectivity index (χ0) is 21.3. The fourth-order valence-electron chi connectivity index (χ4n) is 3.58. The van der Waals surface area contributed by atoms with Crippen LogP contribution in [0.5, 0.6) is 5.75 Å². The fourth-order valence-corrected chi connectivity index (χ4v) is 4.57. The van der Waals surface area contributed by atoms with Gasteiger partial charge in [0, 0.05) is 6.42 Å². The van der Waals surface area contributed by atoms with Crippen molar-refractivity contribution in [2.24, 2.45) is 5.73 Å². The van der Waals surface area contributed by atoms with Crippen LogP contribution in [0, 0.1) is 6.92 Å². The van der Waals surface area contributed by atoms with Gasteiger partial charge in [-0.3, -0.25) is 0 Å². The van der Waals surface area contributed by atoms with Gasteiger partial charge < -0.3 is 19.6 Å². The zero-order valence-corrected chi connectivity index (χ0v) is 20.2. The highest BCUT2D eigenvalue weighted by Gasteiger charge is 2.37. The molecule has 1 amide bonds. The van der Waals surface area contributed by atoms with Crippen LogP contribution in [0.2, 0.25) is 5.04 Å². The molecule has 158 valence electrons. The number of nitrogens with two attached hydrogens (primary N) is 1. The van der Waals surface area contributed by atoms with Crippen molar-refractivity contribution >= 4 is 15.9 Å². The molecule has 0 aromatic heterocycles. The predicted molar refractivity (Wildman–Crippen MR) is 116 cm³/mol. The van der Waals surface area contributed by atoms with Crippen LogP contribution in [0.1, 0.15) is 71.6 Å². The molecule has 0 saturated heterocycles. The van der Waals surface area contributed by atoms with Crippen LogP contribution >= 0.6 is 0 Å². The number of benzene rings is 1. The molecular weight excluding hydrogens is 370 g/mol. The predicted octanol–water partition coefficient (Wildman–Crippen LogP) is 4.20. The van der Waals surface area contributed by atoms with E-state index in [9.17, 15) is 4.79 Å². The van der Waals surface area contributed by atoms with E-state index in [1.165, 1.54) is 5.56 Å². The average Bonchev–Trinajstić information content (AvgIpc) is 2.53. The number of carbonyl (C=O) groups is 1. The number of carbonyl (C=O) groups excluding carboxylic acids is 1. The van der Waals surface area contributed by atoms with Gasteiger partial charge in [0.05, 0.1) is 5.60 Å². The van der Waals surface area contributed by atoms with Crippen LogP contribution in [-0.2, 0) is 22.0 Å². The number of aryl methyl sites for hydroxylation is 1. The molecular formula is C22H37NO4Si. The smallest absolute Gasteiger partial charge is 0.405 e. The van der Waals surface area contributed by atoms with Crippen LogP contribution in [0.4, 0.5) is 4.79 Å². The molecule has 1 unspecified atom stereocenters. The largest absolute Gasteiger partial charge is 0.487 e. The molecule has 0 fully saturated rings. The summed E-state index contributed by atoms with van der Waals surface area (Å²) in [6, 6.07) is 4.24. The highest BCUT2D eigenvalue weighted by molar-refractivity contribution is 6.31. The number of rotatable bonds is 6. The average molecular weight is 408 g/mol. The Morgan fingerprint density at radius 1 is 1.21 bits per heavy atom. The summed E-state index contributed by atoms with van der Waals surface area (Å²) in [4.78, 5) is 11.2. The SMILES string of the molecule is Cc1c(CC(C)(C)OC(N)=O)ccc2c1OC(C(C)(C)O[SiH2]C(C)(C)C)CC2. The summed E-state index contributed by atoms with van der Waals surface area (Å²) in [6.07, 6.45) is 1.79. The second-order valence-electron chi connectivity index (χ2n) is 10.3. The minimum absolute atomic E-state index is 0.0266. The number of primary amides is 1. The van der Waals surface area contributed by atoms with Crippen molar-refractivity contribution in [3.63, 3.8) is 0 Å². The molecule has 1 heterocycles. The molecule has 0 radical (unpaired) electrons. The summed E-state index contributed by atoms with van der Waals surface area (Å²) >= 11 is 0. The monoisotopic (exact) mass is 407 g/mol. The number of fused-ring (bicyclic) bond motifs is 1. The summed E-state index contributed by atoms with van der Waals surface area (Å²) in [7, 11) is -0.667. The third kappa shape index (κ3) is 5.98. The maximum absolute atomic E-state index is 11.2. The van der Waals surface area contributed by atoms with Crippen LogP contribution in [0.15, 0.2) is 12.1 Å². The minimum atomic E-state index is -0.751. The van der Waals surface area contributed by atoms with Crippen molar-refractivity contribution < 1.29 is 18.7 Å². The molecule has 2 N–H and O–H groups in total. The molecule has 6 heteroatoms. The minimum Gasteiger partial charge on any atom is -0.487 e. The lowest BCUT2D eigenvalue weighted by molar-refractivity contribution is -0.0244. The third-order valence-corrected chi connectivity index (χ3v) is 6.94.